The number of carboxylic acids is 1. The van der Waals surface area contributed by atoms with Gasteiger partial charge in [0, 0.05) is 0 Å². The zero-order chi connectivity index (χ0) is 22.8. The van der Waals surface area contributed by atoms with E-state index in [2.05, 4.69) is 4.99 Å². The van der Waals surface area contributed by atoms with Crippen molar-refractivity contribution in [3.05, 3.63) is 102 Å². The third-order valence-electron chi connectivity index (χ3n) is 5.08. The first-order chi connectivity index (χ1) is 15.4. The molecule has 162 valence electrons. The number of ether oxygens (including phenoxy) is 1. The lowest BCUT2D eigenvalue weighted by Gasteiger charge is -2.24. The Kier molecular flexibility index (Phi) is 5.87. The number of benzene rings is 2. The number of fused-ring (bicyclic) bond motifs is 1. The van der Waals surface area contributed by atoms with Gasteiger partial charge in [0.05, 0.1) is 34.4 Å². The van der Waals surface area contributed by atoms with E-state index in [-0.39, 0.29) is 17.7 Å². The van der Waals surface area contributed by atoms with Crippen molar-refractivity contribution in [1.82, 2.24) is 4.57 Å². The number of rotatable bonds is 5. The molecule has 0 saturated heterocycles. The van der Waals surface area contributed by atoms with E-state index >= 15 is 0 Å². The Labute approximate surface area is 187 Å². The topological polar surface area (TPSA) is 101 Å². The molecule has 0 spiro atoms. The van der Waals surface area contributed by atoms with Crippen LogP contribution in [0.25, 0.3) is 6.08 Å². The van der Waals surface area contributed by atoms with Gasteiger partial charge in [-0.2, -0.15) is 0 Å². The molecule has 0 aliphatic carbocycles. The summed E-state index contributed by atoms with van der Waals surface area (Å²) in [5, 5.41) is 11.0. The average molecular weight is 447 g/mol. The molecular formula is C24H19N2O5S-. The van der Waals surface area contributed by atoms with Gasteiger partial charge in [-0.3, -0.25) is 9.36 Å². The molecule has 1 aliphatic heterocycles. The van der Waals surface area contributed by atoms with E-state index in [0.29, 0.717) is 26.2 Å². The predicted molar refractivity (Wildman–Crippen MR) is 118 cm³/mol. The molecule has 1 aliphatic rings. The van der Waals surface area contributed by atoms with Gasteiger partial charge in [0.2, 0.25) is 0 Å². The summed E-state index contributed by atoms with van der Waals surface area (Å²) in [5.74, 6) is -1.77. The average Bonchev–Trinajstić information content (AvgIpc) is 3.08. The number of hydrogen-bond donors (Lipinski definition) is 0. The molecule has 0 unspecified atom stereocenters. The number of carbonyl (C=O) groups is 2. The van der Waals surface area contributed by atoms with E-state index in [1.54, 1.807) is 32.1 Å². The van der Waals surface area contributed by atoms with Crippen molar-refractivity contribution in [3.8, 4) is 0 Å². The van der Waals surface area contributed by atoms with E-state index in [1.165, 1.54) is 28.0 Å². The largest absolute Gasteiger partial charge is 0.545 e. The molecule has 3 aromatic rings. The molecule has 8 heteroatoms. The minimum absolute atomic E-state index is 0.0578. The number of carboxylic acid groups (broad SMARTS) is 1. The minimum atomic E-state index is -1.26. The summed E-state index contributed by atoms with van der Waals surface area (Å²) in [6.07, 6.45) is 1.67. The third-order valence-corrected chi connectivity index (χ3v) is 6.06. The van der Waals surface area contributed by atoms with Crippen LogP contribution in [0.1, 0.15) is 41.4 Å². The van der Waals surface area contributed by atoms with Gasteiger partial charge in [-0.15, -0.1) is 0 Å². The Balaban J connectivity index is 1.90. The molecule has 0 radical (unpaired) electrons. The highest BCUT2D eigenvalue weighted by atomic mass is 32.1. The number of aromatic nitrogens is 1. The SMILES string of the molecule is CCOC(=O)C1=C(C)N=c2s/c(=C/c3ccc(C(=O)[O-])cc3)c(=O)n2[C@@H]1c1ccccc1. The fourth-order valence-corrected chi connectivity index (χ4v) is 4.66. The van der Waals surface area contributed by atoms with E-state index in [4.69, 9.17) is 4.74 Å². The van der Waals surface area contributed by atoms with E-state index in [1.807, 2.05) is 30.3 Å². The summed E-state index contributed by atoms with van der Waals surface area (Å²) in [4.78, 5) is 42.2. The van der Waals surface area contributed by atoms with Crippen LogP contribution < -0.4 is 20.0 Å². The molecule has 4 rings (SSSR count). The number of aromatic carboxylic acids is 1. The normalized spacial score (nSPS) is 15.8. The second-order valence-corrected chi connectivity index (χ2v) is 8.13. The zero-order valence-corrected chi connectivity index (χ0v) is 18.2. The van der Waals surface area contributed by atoms with Crippen LogP contribution in [0.4, 0.5) is 0 Å². The number of hydrogen-bond acceptors (Lipinski definition) is 7. The maximum Gasteiger partial charge on any atom is 0.338 e. The number of allylic oxidation sites excluding steroid dienone is 1. The van der Waals surface area contributed by atoms with E-state index in [0.717, 1.165) is 5.56 Å². The smallest absolute Gasteiger partial charge is 0.338 e. The van der Waals surface area contributed by atoms with Crippen LogP contribution in [0.3, 0.4) is 0 Å². The maximum atomic E-state index is 13.4. The molecule has 0 fully saturated rings. The van der Waals surface area contributed by atoms with Crippen LogP contribution in [0.2, 0.25) is 0 Å². The first-order valence-corrected chi connectivity index (χ1v) is 10.8. The minimum Gasteiger partial charge on any atom is -0.545 e. The van der Waals surface area contributed by atoms with Crippen molar-refractivity contribution < 1.29 is 19.4 Å². The van der Waals surface area contributed by atoms with E-state index in [9.17, 15) is 19.5 Å². The predicted octanol–water partition coefficient (Wildman–Crippen LogP) is 1.16. The maximum absolute atomic E-state index is 13.4. The Morgan fingerprint density at radius 2 is 1.84 bits per heavy atom. The van der Waals surface area contributed by atoms with Crippen LogP contribution in [0.15, 0.2) is 75.7 Å². The fourth-order valence-electron chi connectivity index (χ4n) is 3.61. The zero-order valence-electron chi connectivity index (χ0n) is 17.4. The third kappa shape index (κ3) is 3.92. The van der Waals surface area contributed by atoms with Crippen LogP contribution in [0.5, 0.6) is 0 Å². The van der Waals surface area contributed by atoms with Gasteiger partial charge in [-0.05, 0) is 36.6 Å². The van der Waals surface area contributed by atoms with Crippen LogP contribution in [-0.2, 0) is 9.53 Å². The van der Waals surface area contributed by atoms with Gasteiger partial charge in [-0.1, -0.05) is 65.9 Å². The highest BCUT2D eigenvalue weighted by Gasteiger charge is 2.33. The lowest BCUT2D eigenvalue weighted by atomic mass is 9.96. The molecule has 2 aromatic carbocycles. The van der Waals surface area contributed by atoms with Crippen LogP contribution in [-0.4, -0.2) is 23.1 Å². The van der Waals surface area contributed by atoms with Crippen molar-refractivity contribution in [2.45, 2.75) is 19.9 Å². The van der Waals surface area contributed by atoms with Gasteiger partial charge < -0.3 is 14.6 Å². The second-order valence-electron chi connectivity index (χ2n) is 7.12. The molecule has 32 heavy (non-hydrogen) atoms. The molecule has 1 atom stereocenters. The summed E-state index contributed by atoms with van der Waals surface area (Å²) in [6.45, 7) is 3.67. The number of thiazole rings is 1. The molecule has 0 amide bonds. The van der Waals surface area contributed by atoms with Gasteiger partial charge in [-0.25, -0.2) is 9.79 Å². The van der Waals surface area contributed by atoms with Gasteiger partial charge in [0.15, 0.2) is 4.80 Å². The summed E-state index contributed by atoms with van der Waals surface area (Å²) in [5.41, 5.74) is 2.04. The van der Waals surface area contributed by atoms with E-state index < -0.39 is 18.0 Å². The molecule has 7 nitrogen and oxygen atoms in total. The van der Waals surface area contributed by atoms with Crippen molar-refractivity contribution in [1.29, 1.82) is 0 Å². The van der Waals surface area contributed by atoms with Crippen molar-refractivity contribution in [2.24, 2.45) is 4.99 Å². The Morgan fingerprint density at radius 3 is 2.47 bits per heavy atom. The lowest BCUT2D eigenvalue weighted by molar-refractivity contribution is -0.255. The van der Waals surface area contributed by atoms with Crippen molar-refractivity contribution in [3.63, 3.8) is 0 Å². The Morgan fingerprint density at radius 1 is 1.16 bits per heavy atom. The molecule has 0 N–H and O–H groups in total. The molecule has 0 bridgehead atoms. The Bertz CT molecular complexity index is 1400. The lowest BCUT2D eigenvalue weighted by Crippen LogP contribution is -2.39. The summed E-state index contributed by atoms with van der Waals surface area (Å²) >= 11 is 1.21. The number of nitrogens with zero attached hydrogens (tertiary/aromatic N) is 2. The molecule has 0 saturated carbocycles. The quantitative estimate of drug-likeness (QED) is 0.547. The summed E-state index contributed by atoms with van der Waals surface area (Å²) < 4.78 is 7.20. The van der Waals surface area contributed by atoms with Crippen LogP contribution in [0, 0.1) is 0 Å². The highest BCUT2D eigenvalue weighted by Crippen LogP contribution is 2.30. The highest BCUT2D eigenvalue weighted by molar-refractivity contribution is 7.07. The van der Waals surface area contributed by atoms with Gasteiger partial charge >= 0.3 is 5.97 Å². The molecule has 1 aromatic heterocycles. The fraction of sp³-hybridized carbons (Fsp3) is 0.167. The van der Waals surface area contributed by atoms with Crippen molar-refractivity contribution >= 4 is 29.4 Å². The Hall–Kier alpha value is -3.78. The summed E-state index contributed by atoms with van der Waals surface area (Å²) in [6, 6.07) is 14.7. The number of esters is 1. The van der Waals surface area contributed by atoms with Gasteiger partial charge in [0.25, 0.3) is 5.56 Å². The van der Waals surface area contributed by atoms with Crippen LogP contribution >= 0.6 is 11.3 Å². The van der Waals surface area contributed by atoms with Gasteiger partial charge in [0.1, 0.15) is 0 Å². The number of carbonyl (C=O) groups excluding carboxylic acids is 2. The molecular weight excluding hydrogens is 428 g/mol. The monoisotopic (exact) mass is 447 g/mol. The first-order valence-electron chi connectivity index (χ1n) is 9.96. The first kappa shape index (κ1) is 21.5. The standard InChI is InChI=1S/C24H20N2O5S/c1-3-31-23(30)19-14(2)25-24-26(20(19)16-7-5-4-6-8-16)21(27)18(32-24)13-15-9-11-17(12-10-15)22(28)29/h4-13,20H,3H2,1-2H3,(H,28,29)/p-1/b18-13+/t20-/m1/s1. The second kappa shape index (κ2) is 8.76. The van der Waals surface area contributed by atoms with Crippen molar-refractivity contribution in [2.75, 3.05) is 6.61 Å². The molecule has 2 heterocycles. The summed E-state index contributed by atoms with van der Waals surface area (Å²) in [7, 11) is 0.